The maximum absolute atomic E-state index is 13.0. The molecule has 35 heavy (non-hydrogen) atoms. The summed E-state index contributed by atoms with van der Waals surface area (Å²) in [6.45, 7) is 1.88. The molecule has 8 nitrogen and oxygen atoms in total. The molecule has 2 heterocycles. The van der Waals surface area contributed by atoms with Gasteiger partial charge in [-0.15, -0.1) is 0 Å². The molecule has 0 atom stereocenters. The molecule has 0 aliphatic carbocycles. The zero-order valence-corrected chi connectivity index (χ0v) is 20.3. The Morgan fingerprint density at radius 1 is 1.11 bits per heavy atom. The van der Waals surface area contributed by atoms with Crippen molar-refractivity contribution in [2.45, 2.75) is 6.92 Å². The molecule has 1 aliphatic heterocycles. The number of aryl methyl sites for hydroxylation is 1. The van der Waals surface area contributed by atoms with Gasteiger partial charge in [0.2, 0.25) is 10.0 Å². The van der Waals surface area contributed by atoms with Crippen LogP contribution in [0.5, 0.6) is 0 Å². The molecule has 1 fully saturated rings. The van der Waals surface area contributed by atoms with Gasteiger partial charge in [0.1, 0.15) is 6.73 Å². The van der Waals surface area contributed by atoms with E-state index in [2.05, 4.69) is 15.3 Å². The number of halogens is 1. The first-order valence-electron chi connectivity index (χ1n) is 10.8. The van der Waals surface area contributed by atoms with Gasteiger partial charge in [0.05, 0.1) is 28.6 Å². The fourth-order valence-corrected chi connectivity index (χ4v) is 5.29. The Kier molecular flexibility index (Phi) is 6.14. The topological polar surface area (TPSA) is 101 Å². The van der Waals surface area contributed by atoms with Crippen molar-refractivity contribution in [2.24, 2.45) is 0 Å². The number of rotatable bonds is 4. The minimum Gasteiger partial charge on any atom is -0.359 e. The highest BCUT2D eigenvalue weighted by Gasteiger charge is 2.27. The smallest absolute Gasteiger partial charge is 0.255 e. The Morgan fingerprint density at radius 3 is 2.74 bits per heavy atom. The standard InChI is InChI=1S/C25H21ClN4O4S/c1-16-12-19(30-15-34-10-11-35(30,32)33)7-8-20(16)25(31)28-18-6-9-22(26)21(13-18)24-27-14-17-4-2-3-5-23(17)29-24/h2-9,12-14H,10-11,15H2,1H3,(H,28,31). The van der Waals surface area contributed by atoms with Crippen LogP contribution in [-0.4, -0.2) is 43.4 Å². The summed E-state index contributed by atoms with van der Waals surface area (Å²) in [6.07, 6.45) is 1.73. The van der Waals surface area contributed by atoms with E-state index in [1.807, 2.05) is 24.3 Å². The molecule has 4 aromatic rings. The molecule has 10 heteroatoms. The van der Waals surface area contributed by atoms with Gasteiger partial charge < -0.3 is 10.1 Å². The van der Waals surface area contributed by atoms with E-state index in [1.54, 1.807) is 49.5 Å². The summed E-state index contributed by atoms with van der Waals surface area (Å²) in [4.78, 5) is 22.0. The summed E-state index contributed by atoms with van der Waals surface area (Å²) < 4.78 is 31.2. The lowest BCUT2D eigenvalue weighted by Gasteiger charge is -2.28. The van der Waals surface area contributed by atoms with Crippen LogP contribution >= 0.6 is 11.6 Å². The van der Waals surface area contributed by atoms with Crippen molar-refractivity contribution in [2.75, 3.05) is 28.7 Å². The van der Waals surface area contributed by atoms with Gasteiger partial charge in [-0.05, 0) is 55.0 Å². The van der Waals surface area contributed by atoms with Crippen LogP contribution in [0.3, 0.4) is 0 Å². The Labute approximate surface area is 207 Å². The molecule has 0 radical (unpaired) electrons. The van der Waals surface area contributed by atoms with Gasteiger partial charge in [0, 0.05) is 28.4 Å². The Balaban J connectivity index is 1.40. The van der Waals surface area contributed by atoms with Crippen molar-refractivity contribution < 1.29 is 17.9 Å². The van der Waals surface area contributed by atoms with E-state index in [0.717, 1.165) is 10.9 Å². The highest BCUT2D eigenvalue weighted by Crippen LogP contribution is 2.30. The van der Waals surface area contributed by atoms with Gasteiger partial charge in [-0.3, -0.25) is 4.79 Å². The van der Waals surface area contributed by atoms with Crippen LogP contribution in [0.4, 0.5) is 11.4 Å². The molecule has 5 rings (SSSR count). The van der Waals surface area contributed by atoms with Gasteiger partial charge in [0.15, 0.2) is 5.82 Å². The number of nitrogens with one attached hydrogen (secondary N) is 1. The first-order chi connectivity index (χ1) is 16.8. The van der Waals surface area contributed by atoms with Crippen LogP contribution in [-0.2, 0) is 14.8 Å². The molecule has 1 aliphatic rings. The Morgan fingerprint density at radius 2 is 1.94 bits per heavy atom. The van der Waals surface area contributed by atoms with E-state index < -0.39 is 10.0 Å². The van der Waals surface area contributed by atoms with E-state index in [0.29, 0.717) is 38.9 Å². The fourth-order valence-electron chi connectivity index (χ4n) is 3.87. The summed E-state index contributed by atoms with van der Waals surface area (Å²) in [5.41, 5.74) is 3.43. The van der Waals surface area contributed by atoms with Crippen LogP contribution < -0.4 is 9.62 Å². The molecule has 0 unspecified atom stereocenters. The van der Waals surface area contributed by atoms with Crippen molar-refractivity contribution in [1.82, 2.24) is 9.97 Å². The van der Waals surface area contributed by atoms with E-state index >= 15 is 0 Å². The molecule has 0 saturated carbocycles. The highest BCUT2D eigenvalue weighted by atomic mass is 35.5. The molecule has 1 aromatic heterocycles. The molecule has 0 bridgehead atoms. The van der Waals surface area contributed by atoms with Gasteiger partial charge in [-0.2, -0.15) is 0 Å². The zero-order valence-electron chi connectivity index (χ0n) is 18.7. The zero-order chi connectivity index (χ0) is 24.6. The third kappa shape index (κ3) is 4.70. The minimum atomic E-state index is -3.44. The van der Waals surface area contributed by atoms with E-state index in [-0.39, 0.29) is 25.0 Å². The van der Waals surface area contributed by atoms with Gasteiger partial charge in [-0.1, -0.05) is 29.8 Å². The first-order valence-corrected chi connectivity index (χ1v) is 12.8. The average Bonchev–Trinajstić information content (AvgIpc) is 2.84. The SMILES string of the molecule is Cc1cc(N2COCCS2(=O)=O)ccc1C(=O)Nc1ccc(Cl)c(-c2ncc3ccccc3n2)c1. The molecule has 3 aromatic carbocycles. The minimum absolute atomic E-state index is 0.0439. The maximum atomic E-state index is 13.0. The number of hydrogen-bond donors (Lipinski definition) is 1. The summed E-state index contributed by atoms with van der Waals surface area (Å²) in [7, 11) is -3.44. The summed E-state index contributed by atoms with van der Waals surface area (Å²) in [5.74, 6) is 0.0449. The number of carbonyl (C=O) groups excluding carboxylic acids is 1. The molecular weight excluding hydrogens is 488 g/mol. The number of para-hydroxylation sites is 1. The summed E-state index contributed by atoms with van der Waals surface area (Å²) in [5, 5.41) is 4.26. The van der Waals surface area contributed by atoms with Gasteiger partial charge in [0.25, 0.3) is 5.91 Å². The van der Waals surface area contributed by atoms with E-state index in [9.17, 15) is 13.2 Å². The van der Waals surface area contributed by atoms with Crippen LogP contribution in [0.15, 0.2) is 66.9 Å². The second kappa shape index (κ2) is 9.26. The third-order valence-corrected chi connectivity index (χ3v) is 7.73. The lowest BCUT2D eigenvalue weighted by molar-refractivity contribution is 0.102. The number of ether oxygens (including phenoxy) is 1. The van der Waals surface area contributed by atoms with Crippen LogP contribution in [0.25, 0.3) is 22.3 Å². The number of hydrogen-bond acceptors (Lipinski definition) is 6. The Bertz CT molecular complexity index is 1560. The molecule has 1 saturated heterocycles. The van der Waals surface area contributed by atoms with Crippen LogP contribution in [0.1, 0.15) is 15.9 Å². The third-order valence-electron chi connectivity index (χ3n) is 5.73. The van der Waals surface area contributed by atoms with Crippen molar-refractivity contribution in [1.29, 1.82) is 0 Å². The predicted molar refractivity (Wildman–Crippen MR) is 136 cm³/mol. The number of anilines is 2. The second-order valence-corrected chi connectivity index (χ2v) is 10.5. The lowest BCUT2D eigenvalue weighted by Crippen LogP contribution is -2.41. The number of aromatic nitrogens is 2. The largest absolute Gasteiger partial charge is 0.359 e. The number of amides is 1. The number of benzene rings is 3. The van der Waals surface area contributed by atoms with Crippen molar-refractivity contribution >= 4 is 49.8 Å². The van der Waals surface area contributed by atoms with Gasteiger partial charge >= 0.3 is 0 Å². The predicted octanol–water partition coefficient (Wildman–Crippen LogP) is 4.63. The summed E-state index contributed by atoms with van der Waals surface area (Å²) in [6, 6.07) is 17.6. The van der Waals surface area contributed by atoms with Gasteiger partial charge in [-0.25, -0.2) is 22.7 Å². The van der Waals surface area contributed by atoms with Crippen molar-refractivity contribution in [3.63, 3.8) is 0 Å². The second-order valence-electron chi connectivity index (χ2n) is 8.10. The van der Waals surface area contributed by atoms with Crippen LogP contribution in [0.2, 0.25) is 5.02 Å². The molecule has 1 amide bonds. The average molecular weight is 509 g/mol. The van der Waals surface area contributed by atoms with E-state index in [1.165, 1.54) is 4.31 Å². The number of nitrogens with zero attached hydrogens (tertiary/aromatic N) is 3. The normalized spacial score (nSPS) is 15.2. The number of sulfonamides is 1. The lowest BCUT2D eigenvalue weighted by atomic mass is 10.1. The molecule has 178 valence electrons. The molecule has 1 N–H and O–H groups in total. The fraction of sp³-hybridized carbons (Fsp3) is 0.160. The quantitative estimate of drug-likeness (QED) is 0.431. The number of fused-ring (bicyclic) bond motifs is 1. The molecule has 0 spiro atoms. The van der Waals surface area contributed by atoms with E-state index in [4.69, 9.17) is 16.3 Å². The van der Waals surface area contributed by atoms with Crippen LogP contribution in [0, 0.1) is 6.92 Å². The Hall–Kier alpha value is -3.53. The summed E-state index contributed by atoms with van der Waals surface area (Å²) >= 11 is 6.42. The molecular formula is C25H21ClN4O4S. The number of carbonyl (C=O) groups is 1. The van der Waals surface area contributed by atoms with Crippen molar-refractivity contribution in [3.05, 3.63) is 83.0 Å². The highest BCUT2D eigenvalue weighted by molar-refractivity contribution is 7.92. The maximum Gasteiger partial charge on any atom is 0.255 e. The first kappa shape index (κ1) is 23.2. The van der Waals surface area contributed by atoms with Crippen molar-refractivity contribution in [3.8, 4) is 11.4 Å². The monoisotopic (exact) mass is 508 g/mol.